The van der Waals surface area contributed by atoms with Gasteiger partial charge in [0, 0.05) is 29.7 Å². The number of rotatable bonds is 1. The molecule has 0 radical (unpaired) electrons. The van der Waals surface area contributed by atoms with Crippen LogP contribution in [0.1, 0.15) is 5.56 Å². The van der Waals surface area contributed by atoms with Crippen LogP contribution in [0.25, 0.3) is 16.8 Å². The van der Waals surface area contributed by atoms with Crippen LogP contribution in [0.3, 0.4) is 0 Å². The third-order valence-electron chi connectivity index (χ3n) is 2.55. The Morgan fingerprint density at radius 2 is 2.12 bits per heavy atom. The van der Waals surface area contributed by atoms with Crippen LogP contribution in [0.15, 0.2) is 31.0 Å². The first kappa shape index (κ1) is 9.71. The number of hydrogen-bond acceptors (Lipinski definition) is 5. The zero-order valence-electron chi connectivity index (χ0n) is 9.20. The Labute approximate surface area is 97.2 Å². The standard InChI is InChI=1S/C11H10N6/c1-7-2-8(4-13-3-7)9-5-14-11(12)17-6-15-16-10(9)17/h2-6H,1H3,(H2,12,14). The van der Waals surface area contributed by atoms with E-state index in [2.05, 4.69) is 20.2 Å². The van der Waals surface area contributed by atoms with E-state index in [4.69, 9.17) is 5.73 Å². The molecule has 0 saturated carbocycles. The summed E-state index contributed by atoms with van der Waals surface area (Å²) in [5.41, 5.74) is 9.32. The Morgan fingerprint density at radius 3 is 2.94 bits per heavy atom. The van der Waals surface area contributed by atoms with Crippen molar-refractivity contribution in [2.75, 3.05) is 5.73 Å². The van der Waals surface area contributed by atoms with E-state index in [1.54, 1.807) is 29.3 Å². The molecule has 0 spiro atoms. The van der Waals surface area contributed by atoms with Crippen LogP contribution in [0.5, 0.6) is 0 Å². The fourth-order valence-electron chi connectivity index (χ4n) is 1.74. The van der Waals surface area contributed by atoms with Gasteiger partial charge in [0.15, 0.2) is 5.65 Å². The highest BCUT2D eigenvalue weighted by atomic mass is 15.3. The van der Waals surface area contributed by atoms with Gasteiger partial charge < -0.3 is 5.73 Å². The molecule has 0 unspecified atom stereocenters. The maximum Gasteiger partial charge on any atom is 0.207 e. The number of anilines is 1. The van der Waals surface area contributed by atoms with E-state index < -0.39 is 0 Å². The van der Waals surface area contributed by atoms with Crippen molar-refractivity contribution in [3.05, 3.63) is 36.5 Å². The average Bonchev–Trinajstić information content (AvgIpc) is 2.79. The van der Waals surface area contributed by atoms with Crippen molar-refractivity contribution < 1.29 is 0 Å². The van der Waals surface area contributed by atoms with Crippen molar-refractivity contribution in [1.29, 1.82) is 0 Å². The SMILES string of the molecule is Cc1cncc(-c2cnc(N)n3cnnc23)c1. The van der Waals surface area contributed by atoms with E-state index in [0.717, 1.165) is 16.7 Å². The molecular weight excluding hydrogens is 216 g/mol. The van der Waals surface area contributed by atoms with Gasteiger partial charge in [-0.05, 0) is 18.6 Å². The average molecular weight is 226 g/mol. The molecule has 3 heterocycles. The maximum atomic E-state index is 5.73. The molecule has 0 aliphatic heterocycles. The Kier molecular flexibility index (Phi) is 2.01. The van der Waals surface area contributed by atoms with Crippen LogP contribution < -0.4 is 5.73 Å². The van der Waals surface area contributed by atoms with Crippen LogP contribution in [0.4, 0.5) is 5.95 Å². The van der Waals surface area contributed by atoms with E-state index >= 15 is 0 Å². The largest absolute Gasteiger partial charge is 0.369 e. The lowest BCUT2D eigenvalue weighted by Gasteiger charge is -2.04. The molecule has 3 aromatic heterocycles. The Morgan fingerprint density at radius 1 is 1.24 bits per heavy atom. The first-order valence-electron chi connectivity index (χ1n) is 5.12. The predicted molar refractivity (Wildman–Crippen MR) is 63.2 cm³/mol. The second kappa shape index (κ2) is 3.51. The molecule has 2 N–H and O–H groups in total. The summed E-state index contributed by atoms with van der Waals surface area (Å²) in [4.78, 5) is 8.28. The predicted octanol–water partition coefficient (Wildman–Crippen LogP) is 1.08. The highest BCUT2D eigenvalue weighted by molar-refractivity contribution is 5.77. The first-order chi connectivity index (χ1) is 8.25. The molecule has 0 aromatic carbocycles. The number of pyridine rings is 1. The molecule has 0 fully saturated rings. The van der Waals surface area contributed by atoms with Gasteiger partial charge >= 0.3 is 0 Å². The van der Waals surface area contributed by atoms with Crippen molar-refractivity contribution >= 4 is 11.6 Å². The molecule has 0 aliphatic rings. The molecular formula is C11H10N6. The number of nitrogens with two attached hydrogens (primary N) is 1. The van der Waals surface area contributed by atoms with Gasteiger partial charge in [-0.15, -0.1) is 10.2 Å². The van der Waals surface area contributed by atoms with Crippen molar-refractivity contribution in [3.63, 3.8) is 0 Å². The lowest BCUT2D eigenvalue weighted by atomic mass is 10.1. The normalized spacial score (nSPS) is 10.9. The third kappa shape index (κ3) is 1.50. The quantitative estimate of drug-likeness (QED) is 0.671. The third-order valence-corrected chi connectivity index (χ3v) is 2.55. The molecule has 0 amide bonds. The number of aromatic nitrogens is 5. The monoisotopic (exact) mass is 226 g/mol. The highest BCUT2D eigenvalue weighted by Gasteiger charge is 2.09. The summed E-state index contributed by atoms with van der Waals surface area (Å²) in [6.07, 6.45) is 6.81. The summed E-state index contributed by atoms with van der Waals surface area (Å²) >= 11 is 0. The summed E-state index contributed by atoms with van der Waals surface area (Å²) < 4.78 is 1.65. The van der Waals surface area contributed by atoms with Crippen LogP contribution in [-0.4, -0.2) is 24.6 Å². The second-order valence-electron chi connectivity index (χ2n) is 3.81. The number of aryl methyl sites for hydroxylation is 1. The lowest BCUT2D eigenvalue weighted by Crippen LogP contribution is -2.00. The summed E-state index contributed by atoms with van der Waals surface area (Å²) in [6, 6.07) is 2.02. The first-order valence-corrected chi connectivity index (χ1v) is 5.12. The molecule has 0 aliphatic carbocycles. The summed E-state index contributed by atoms with van der Waals surface area (Å²) in [7, 11) is 0. The fourth-order valence-corrected chi connectivity index (χ4v) is 1.74. The number of hydrogen-bond donors (Lipinski definition) is 1. The molecule has 6 nitrogen and oxygen atoms in total. The van der Waals surface area contributed by atoms with Crippen molar-refractivity contribution in [1.82, 2.24) is 24.6 Å². The molecule has 3 aromatic rings. The topological polar surface area (TPSA) is 82.0 Å². The van der Waals surface area contributed by atoms with Gasteiger partial charge in [0.2, 0.25) is 5.95 Å². The van der Waals surface area contributed by atoms with Crippen molar-refractivity contribution in [2.45, 2.75) is 6.92 Å². The minimum Gasteiger partial charge on any atom is -0.369 e. The van der Waals surface area contributed by atoms with Crippen molar-refractivity contribution in [2.24, 2.45) is 0 Å². The van der Waals surface area contributed by atoms with Crippen LogP contribution >= 0.6 is 0 Å². The van der Waals surface area contributed by atoms with E-state index in [1.807, 2.05) is 13.0 Å². The zero-order chi connectivity index (χ0) is 11.8. The van der Waals surface area contributed by atoms with Gasteiger partial charge in [-0.1, -0.05) is 0 Å². The maximum absolute atomic E-state index is 5.73. The van der Waals surface area contributed by atoms with Crippen LogP contribution in [-0.2, 0) is 0 Å². The van der Waals surface area contributed by atoms with Gasteiger partial charge in [-0.3, -0.25) is 9.38 Å². The summed E-state index contributed by atoms with van der Waals surface area (Å²) in [5, 5.41) is 7.89. The summed E-state index contributed by atoms with van der Waals surface area (Å²) in [6.45, 7) is 1.99. The van der Waals surface area contributed by atoms with Crippen LogP contribution in [0.2, 0.25) is 0 Å². The highest BCUT2D eigenvalue weighted by Crippen LogP contribution is 2.23. The Balaban J connectivity index is 2.31. The molecule has 17 heavy (non-hydrogen) atoms. The molecule has 0 atom stereocenters. The second-order valence-corrected chi connectivity index (χ2v) is 3.81. The van der Waals surface area contributed by atoms with Gasteiger partial charge in [0.05, 0.1) is 0 Å². The van der Waals surface area contributed by atoms with E-state index in [9.17, 15) is 0 Å². The van der Waals surface area contributed by atoms with Crippen LogP contribution in [0, 0.1) is 6.92 Å². The van der Waals surface area contributed by atoms with E-state index in [0.29, 0.717) is 11.6 Å². The molecule has 3 rings (SSSR count). The minimum atomic E-state index is 0.370. The van der Waals surface area contributed by atoms with E-state index in [1.165, 1.54) is 0 Å². The minimum absolute atomic E-state index is 0.370. The number of nitrogen functional groups attached to an aromatic ring is 1. The van der Waals surface area contributed by atoms with Gasteiger partial charge in [-0.2, -0.15) is 0 Å². The molecule has 6 heteroatoms. The number of fused-ring (bicyclic) bond motifs is 1. The number of nitrogens with zero attached hydrogens (tertiary/aromatic N) is 5. The summed E-state index contributed by atoms with van der Waals surface area (Å²) in [5.74, 6) is 0.370. The molecule has 0 saturated heterocycles. The molecule has 0 bridgehead atoms. The fraction of sp³-hybridized carbons (Fsp3) is 0.0909. The van der Waals surface area contributed by atoms with E-state index in [-0.39, 0.29) is 0 Å². The smallest absolute Gasteiger partial charge is 0.207 e. The van der Waals surface area contributed by atoms with Gasteiger partial charge in [-0.25, -0.2) is 4.98 Å². The van der Waals surface area contributed by atoms with Gasteiger partial charge in [0.25, 0.3) is 0 Å². The lowest BCUT2D eigenvalue weighted by molar-refractivity contribution is 1.08. The Bertz CT molecular complexity index is 687. The van der Waals surface area contributed by atoms with Crippen molar-refractivity contribution in [3.8, 4) is 11.1 Å². The van der Waals surface area contributed by atoms with Gasteiger partial charge in [0.1, 0.15) is 6.33 Å². The molecule has 84 valence electrons. The zero-order valence-corrected chi connectivity index (χ0v) is 9.20. The Hall–Kier alpha value is -2.50.